The Morgan fingerprint density at radius 1 is 0.247 bits per heavy atom. The van der Waals surface area contributed by atoms with Crippen molar-refractivity contribution >= 4 is 17.9 Å². The zero-order valence-corrected chi connectivity index (χ0v) is 52.0. The van der Waals surface area contributed by atoms with E-state index in [-0.39, 0.29) is 31.1 Å². The Morgan fingerprint density at radius 2 is 0.444 bits per heavy atom. The van der Waals surface area contributed by atoms with E-state index in [0.717, 1.165) is 173 Å². The van der Waals surface area contributed by atoms with Gasteiger partial charge in [0.05, 0.1) is 0 Å². The van der Waals surface area contributed by atoms with E-state index >= 15 is 0 Å². The van der Waals surface area contributed by atoms with Crippen molar-refractivity contribution in [2.75, 3.05) is 13.2 Å². The molecule has 454 valence electrons. The van der Waals surface area contributed by atoms with Gasteiger partial charge in [-0.1, -0.05) is 268 Å². The van der Waals surface area contributed by atoms with E-state index in [4.69, 9.17) is 14.2 Å². The van der Waals surface area contributed by atoms with E-state index in [9.17, 15) is 14.4 Å². The summed E-state index contributed by atoms with van der Waals surface area (Å²) >= 11 is 0. The van der Waals surface area contributed by atoms with Gasteiger partial charge < -0.3 is 14.2 Å². The number of allylic oxidation sites excluding steroid dienone is 28. The summed E-state index contributed by atoms with van der Waals surface area (Å²) in [5.41, 5.74) is 0. The largest absolute Gasteiger partial charge is 0.462 e. The second-order valence-corrected chi connectivity index (χ2v) is 20.9. The van der Waals surface area contributed by atoms with Gasteiger partial charge in [-0.25, -0.2) is 0 Å². The first-order chi connectivity index (χ1) is 40.0. The molecule has 0 amide bonds. The molecule has 0 fully saturated rings. The van der Waals surface area contributed by atoms with E-state index in [1.807, 2.05) is 0 Å². The molecule has 6 nitrogen and oxygen atoms in total. The predicted molar refractivity (Wildman–Crippen MR) is 352 cm³/mol. The molecule has 0 saturated heterocycles. The van der Waals surface area contributed by atoms with Gasteiger partial charge in [-0.3, -0.25) is 14.4 Å². The number of unbranched alkanes of at least 4 members (excludes halogenated alkanes) is 18. The van der Waals surface area contributed by atoms with Gasteiger partial charge in [-0.05, 0) is 148 Å². The van der Waals surface area contributed by atoms with Crippen LogP contribution in [0.2, 0.25) is 0 Å². The lowest BCUT2D eigenvalue weighted by Crippen LogP contribution is -2.30. The highest BCUT2D eigenvalue weighted by molar-refractivity contribution is 5.71. The summed E-state index contributed by atoms with van der Waals surface area (Å²) in [5, 5.41) is 0. The molecule has 0 heterocycles. The van der Waals surface area contributed by atoms with Crippen LogP contribution in [0.25, 0.3) is 0 Å². The zero-order valence-electron chi connectivity index (χ0n) is 52.0. The molecule has 0 aromatic heterocycles. The number of carbonyl (C=O) groups is 3. The molecular weight excluding hydrogens is 997 g/mol. The van der Waals surface area contributed by atoms with Gasteiger partial charge in [-0.2, -0.15) is 0 Å². The summed E-state index contributed by atoms with van der Waals surface area (Å²) in [7, 11) is 0. The molecule has 0 aromatic rings. The van der Waals surface area contributed by atoms with Crippen LogP contribution < -0.4 is 0 Å². The van der Waals surface area contributed by atoms with Gasteiger partial charge in [0.1, 0.15) is 13.2 Å². The van der Waals surface area contributed by atoms with Crippen molar-refractivity contribution in [3.05, 3.63) is 170 Å². The van der Waals surface area contributed by atoms with Crippen molar-refractivity contribution in [3.8, 4) is 0 Å². The maximum atomic E-state index is 12.9. The van der Waals surface area contributed by atoms with Crippen molar-refractivity contribution in [1.82, 2.24) is 0 Å². The quantitative estimate of drug-likeness (QED) is 0.0261. The average Bonchev–Trinajstić information content (AvgIpc) is 3.46. The van der Waals surface area contributed by atoms with Crippen LogP contribution in [0.1, 0.15) is 265 Å². The number of ether oxygens (including phenoxy) is 3. The van der Waals surface area contributed by atoms with E-state index < -0.39 is 6.10 Å². The molecule has 1 atom stereocenters. The molecule has 0 rings (SSSR count). The van der Waals surface area contributed by atoms with Gasteiger partial charge in [0.25, 0.3) is 0 Å². The number of rotatable bonds is 57. The number of carbonyl (C=O) groups excluding carboxylic acids is 3. The molecule has 0 N–H and O–H groups in total. The molecular formula is C75H118O6. The molecule has 81 heavy (non-hydrogen) atoms. The van der Waals surface area contributed by atoms with Crippen molar-refractivity contribution in [2.45, 2.75) is 271 Å². The minimum absolute atomic E-state index is 0.103. The second kappa shape index (κ2) is 67.3. The monoisotopic (exact) mass is 1110 g/mol. The number of hydrogen-bond donors (Lipinski definition) is 0. The van der Waals surface area contributed by atoms with Gasteiger partial charge >= 0.3 is 17.9 Å². The standard InChI is InChI=1S/C75H118O6/c1-4-7-10-13-16-19-22-25-27-29-30-31-32-33-34-35-36-37-38-39-40-41-42-43-44-46-47-50-53-56-59-62-65-68-74(77)80-71-72(70-79-73(76)67-64-61-58-55-52-49-24-21-18-15-12-9-6-3)81-75(78)69-66-63-60-57-54-51-48-45-28-26-23-20-17-14-11-8-5-2/h7-12,16-21,25-28,30-31,33-34,36-37,39-40,42-43,49,52,72H,4-6,13-15,22-24,29,32,35,38,41,44-48,50-51,53-71H2,1-3H3/b10-7-,11-8-,12-9-,19-16-,20-17-,21-18-,27-25-,28-26-,31-30-,34-33-,37-36-,40-39-,43-42-,52-49-. The Kier molecular flexibility index (Phi) is 62.9. The predicted octanol–water partition coefficient (Wildman–Crippen LogP) is 22.7. The second-order valence-electron chi connectivity index (χ2n) is 20.9. The highest BCUT2D eigenvalue weighted by Crippen LogP contribution is 2.14. The molecule has 0 aliphatic rings. The van der Waals surface area contributed by atoms with Crippen LogP contribution in [0, 0.1) is 0 Å². The fourth-order valence-electron chi connectivity index (χ4n) is 8.43. The maximum Gasteiger partial charge on any atom is 0.306 e. The summed E-state index contributed by atoms with van der Waals surface area (Å²) < 4.78 is 16.9. The Balaban J connectivity index is 4.33. The van der Waals surface area contributed by atoms with Gasteiger partial charge in [-0.15, -0.1) is 0 Å². The third-order valence-corrected chi connectivity index (χ3v) is 13.2. The lowest BCUT2D eigenvalue weighted by Gasteiger charge is -2.18. The van der Waals surface area contributed by atoms with Crippen LogP contribution >= 0.6 is 0 Å². The molecule has 0 aromatic carbocycles. The average molecular weight is 1120 g/mol. The number of esters is 3. The third kappa shape index (κ3) is 65.5. The van der Waals surface area contributed by atoms with Crippen molar-refractivity contribution in [1.29, 1.82) is 0 Å². The van der Waals surface area contributed by atoms with Crippen molar-refractivity contribution < 1.29 is 28.6 Å². The molecule has 0 bridgehead atoms. The van der Waals surface area contributed by atoms with E-state index in [1.54, 1.807) is 0 Å². The van der Waals surface area contributed by atoms with Gasteiger partial charge in [0.2, 0.25) is 0 Å². The molecule has 6 heteroatoms. The lowest BCUT2D eigenvalue weighted by molar-refractivity contribution is -0.167. The SMILES string of the molecule is CC/C=C\C/C=C\C/C=C\C/C=C\C/C=C\C/C=C\C/C=C\C/C=C\CCCCCCCCCCC(=O)OCC(COC(=O)CCCCC/C=C\C/C=C\C/C=C\CC)OC(=O)CCCCCCCCC/C=C\C/C=C\C/C=C\CC. The molecule has 0 spiro atoms. The van der Waals surface area contributed by atoms with Crippen LogP contribution in [0.3, 0.4) is 0 Å². The first-order valence-electron chi connectivity index (χ1n) is 32.6. The topological polar surface area (TPSA) is 78.9 Å². The smallest absolute Gasteiger partial charge is 0.306 e. The van der Waals surface area contributed by atoms with Gasteiger partial charge in [0.15, 0.2) is 6.10 Å². The molecule has 0 aliphatic heterocycles. The highest BCUT2D eigenvalue weighted by atomic mass is 16.6. The van der Waals surface area contributed by atoms with Crippen molar-refractivity contribution in [3.63, 3.8) is 0 Å². The minimum atomic E-state index is -0.808. The first kappa shape index (κ1) is 75.8. The summed E-state index contributed by atoms with van der Waals surface area (Å²) in [4.78, 5) is 38.3. The molecule has 1 unspecified atom stereocenters. The van der Waals surface area contributed by atoms with E-state index in [1.165, 1.54) is 51.4 Å². The Hall–Kier alpha value is -5.23. The minimum Gasteiger partial charge on any atom is -0.462 e. The zero-order chi connectivity index (χ0) is 58.5. The molecule has 0 saturated carbocycles. The Bertz CT molecular complexity index is 1860. The van der Waals surface area contributed by atoms with Gasteiger partial charge in [0, 0.05) is 19.3 Å². The summed E-state index contributed by atoms with van der Waals surface area (Å²) in [6.45, 7) is 6.25. The summed E-state index contributed by atoms with van der Waals surface area (Å²) in [5.74, 6) is -0.955. The molecule has 0 radical (unpaired) electrons. The Morgan fingerprint density at radius 3 is 0.704 bits per heavy atom. The van der Waals surface area contributed by atoms with Crippen LogP contribution in [-0.2, 0) is 28.6 Å². The van der Waals surface area contributed by atoms with E-state index in [2.05, 4.69) is 191 Å². The van der Waals surface area contributed by atoms with Crippen LogP contribution in [0.5, 0.6) is 0 Å². The Labute approximate surface area is 498 Å². The van der Waals surface area contributed by atoms with E-state index in [0.29, 0.717) is 19.3 Å². The van der Waals surface area contributed by atoms with Crippen molar-refractivity contribution in [2.24, 2.45) is 0 Å². The normalized spacial score (nSPS) is 13.3. The third-order valence-electron chi connectivity index (χ3n) is 13.2. The van der Waals surface area contributed by atoms with Crippen LogP contribution in [-0.4, -0.2) is 37.2 Å². The lowest BCUT2D eigenvalue weighted by atomic mass is 10.1. The fraction of sp³-hybridized carbons (Fsp3) is 0.587. The maximum absolute atomic E-state index is 12.9. The van der Waals surface area contributed by atoms with Crippen LogP contribution in [0.4, 0.5) is 0 Å². The van der Waals surface area contributed by atoms with Crippen LogP contribution in [0.15, 0.2) is 170 Å². The fourth-order valence-corrected chi connectivity index (χ4v) is 8.43. The number of hydrogen-bond acceptors (Lipinski definition) is 6. The highest BCUT2D eigenvalue weighted by Gasteiger charge is 2.19. The summed E-state index contributed by atoms with van der Waals surface area (Å²) in [6.07, 6.45) is 99.4. The molecule has 0 aliphatic carbocycles. The first-order valence-corrected chi connectivity index (χ1v) is 32.6. The summed E-state index contributed by atoms with van der Waals surface area (Å²) in [6, 6.07) is 0.